The first-order valence-corrected chi connectivity index (χ1v) is 10.3. The summed E-state index contributed by atoms with van der Waals surface area (Å²) in [6.07, 6.45) is 0. The van der Waals surface area contributed by atoms with Crippen LogP contribution in [0.1, 0.15) is 10.4 Å². The van der Waals surface area contributed by atoms with Crippen molar-refractivity contribution in [2.24, 2.45) is 0 Å². The number of fused-ring (bicyclic) bond motifs is 1. The van der Waals surface area contributed by atoms with Crippen molar-refractivity contribution in [1.29, 1.82) is 0 Å². The van der Waals surface area contributed by atoms with Crippen molar-refractivity contribution in [3.63, 3.8) is 0 Å². The maximum atomic E-state index is 12.5. The van der Waals surface area contributed by atoms with E-state index in [0.717, 1.165) is 17.3 Å². The summed E-state index contributed by atoms with van der Waals surface area (Å²) >= 11 is 1.15. The number of carbonyl (C=O) groups is 1. The van der Waals surface area contributed by atoms with E-state index in [1.54, 1.807) is 36.9 Å². The molecule has 0 aliphatic heterocycles. The van der Waals surface area contributed by atoms with E-state index in [0.29, 0.717) is 28.0 Å². The van der Waals surface area contributed by atoms with Crippen LogP contribution in [0.25, 0.3) is 16.9 Å². The number of nitro benzene ring substituents is 1. The van der Waals surface area contributed by atoms with Crippen LogP contribution in [0.3, 0.4) is 0 Å². The smallest absolute Gasteiger partial charge is 0.270 e. The normalized spacial score (nSPS) is 10.8. The number of nitrogens with zero attached hydrogens (tertiary/aromatic N) is 5. The molecule has 0 radical (unpaired) electrons. The first kappa shape index (κ1) is 21.2. The molecule has 0 fully saturated rings. The molecule has 0 spiro atoms. The summed E-state index contributed by atoms with van der Waals surface area (Å²) in [5, 5.41) is 24.2. The first-order chi connectivity index (χ1) is 15.5. The molecule has 162 valence electrons. The molecule has 2 aromatic carbocycles. The quantitative estimate of drug-likeness (QED) is 0.171. The van der Waals surface area contributed by atoms with Gasteiger partial charge in [-0.05, 0) is 30.3 Å². The fraction of sp³-hybridized carbons (Fsp3) is 0.143. The molecule has 32 heavy (non-hydrogen) atoms. The van der Waals surface area contributed by atoms with Gasteiger partial charge < -0.3 is 9.47 Å². The number of Topliss-reactive ketones (excluding diaryl/α,β-unsaturated/α-hetero) is 1. The number of rotatable bonds is 8. The second kappa shape index (κ2) is 9.02. The third-order valence-electron chi connectivity index (χ3n) is 4.62. The maximum absolute atomic E-state index is 12.5. The van der Waals surface area contributed by atoms with E-state index in [-0.39, 0.29) is 22.8 Å². The highest BCUT2D eigenvalue weighted by Gasteiger charge is 2.15. The van der Waals surface area contributed by atoms with Crippen LogP contribution in [0.5, 0.6) is 11.5 Å². The monoisotopic (exact) mass is 451 g/mol. The lowest BCUT2D eigenvalue weighted by atomic mass is 10.1. The molecule has 0 atom stereocenters. The molecule has 2 heterocycles. The van der Waals surface area contributed by atoms with Crippen LogP contribution in [0.4, 0.5) is 5.69 Å². The Morgan fingerprint density at radius 1 is 1.06 bits per heavy atom. The molecule has 0 N–H and O–H groups in total. The Morgan fingerprint density at radius 3 is 2.62 bits per heavy atom. The number of hydrogen-bond donors (Lipinski definition) is 0. The molecule has 0 bridgehead atoms. The van der Waals surface area contributed by atoms with Gasteiger partial charge in [-0.15, -0.1) is 10.2 Å². The number of ketones is 1. The summed E-state index contributed by atoms with van der Waals surface area (Å²) in [5.41, 5.74) is 2.13. The highest BCUT2D eigenvalue weighted by molar-refractivity contribution is 7.99. The molecule has 0 unspecified atom stereocenters. The van der Waals surface area contributed by atoms with Gasteiger partial charge in [-0.25, -0.2) is 0 Å². The first-order valence-electron chi connectivity index (χ1n) is 9.35. The van der Waals surface area contributed by atoms with E-state index < -0.39 is 4.92 Å². The Kier molecular flexibility index (Phi) is 5.99. The molecule has 11 heteroatoms. The third kappa shape index (κ3) is 4.23. The van der Waals surface area contributed by atoms with E-state index >= 15 is 0 Å². The molecule has 0 saturated carbocycles. The SMILES string of the molecule is COc1ccc(-c2ccc3nnc(SCC(=O)c4cccc([N+](=O)[O-])c4)n3n2)cc1OC. The van der Waals surface area contributed by atoms with E-state index in [2.05, 4.69) is 15.3 Å². The molecule has 4 rings (SSSR count). The Morgan fingerprint density at radius 2 is 1.88 bits per heavy atom. The zero-order valence-electron chi connectivity index (χ0n) is 17.1. The molecule has 4 aromatic rings. The molecule has 2 aromatic heterocycles. The van der Waals surface area contributed by atoms with Gasteiger partial charge >= 0.3 is 0 Å². The van der Waals surface area contributed by atoms with Gasteiger partial charge in [0.05, 0.1) is 30.6 Å². The summed E-state index contributed by atoms with van der Waals surface area (Å²) in [5.74, 6) is 0.960. The molecule has 0 saturated heterocycles. The Balaban J connectivity index is 1.58. The van der Waals surface area contributed by atoms with Crippen LogP contribution in [0.2, 0.25) is 0 Å². The van der Waals surface area contributed by atoms with Crippen molar-refractivity contribution in [2.45, 2.75) is 5.16 Å². The second-order valence-electron chi connectivity index (χ2n) is 6.56. The molecular formula is C21H17N5O5S. The summed E-state index contributed by atoms with van der Waals surface area (Å²) in [6.45, 7) is 0. The van der Waals surface area contributed by atoms with Crippen LogP contribution in [0.15, 0.2) is 59.8 Å². The van der Waals surface area contributed by atoms with Crippen molar-refractivity contribution in [2.75, 3.05) is 20.0 Å². The Bertz CT molecular complexity index is 1320. The minimum Gasteiger partial charge on any atom is -0.493 e. The lowest BCUT2D eigenvalue weighted by molar-refractivity contribution is -0.384. The summed E-state index contributed by atoms with van der Waals surface area (Å²) < 4.78 is 12.2. The summed E-state index contributed by atoms with van der Waals surface area (Å²) in [4.78, 5) is 22.9. The number of carbonyl (C=O) groups excluding carboxylic acids is 1. The van der Waals surface area contributed by atoms with Crippen molar-refractivity contribution in [3.05, 3.63) is 70.3 Å². The van der Waals surface area contributed by atoms with Crippen LogP contribution in [0, 0.1) is 10.1 Å². The van der Waals surface area contributed by atoms with Gasteiger partial charge in [0.25, 0.3) is 5.69 Å². The van der Waals surface area contributed by atoms with Gasteiger partial charge in [-0.3, -0.25) is 14.9 Å². The van der Waals surface area contributed by atoms with E-state index in [1.807, 2.05) is 18.2 Å². The average Bonchev–Trinajstić information content (AvgIpc) is 3.24. The number of ether oxygens (including phenoxy) is 2. The molecule has 10 nitrogen and oxygen atoms in total. The zero-order valence-corrected chi connectivity index (χ0v) is 17.9. The largest absolute Gasteiger partial charge is 0.493 e. The predicted octanol–water partition coefficient (Wildman–Crippen LogP) is 3.69. The molecule has 0 aliphatic rings. The van der Waals surface area contributed by atoms with Crippen molar-refractivity contribution in [3.8, 4) is 22.8 Å². The second-order valence-corrected chi connectivity index (χ2v) is 7.50. The number of aromatic nitrogens is 4. The van der Waals surface area contributed by atoms with Crippen LogP contribution < -0.4 is 9.47 Å². The van der Waals surface area contributed by atoms with Gasteiger partial charge in [0.15, 0.2) is 22.9 Å². The zero-order chi connectivity index (χ0) is 22.7. The van der Waals surface area contributed by atoms with Crippen LogP contribution >= 0.6 is 11.8 Å². The predicted molar refractivity (Wildman–Crippen MR) is 117 cm³/mol. The summed E-state index contributed by atoms with van der Waals surface area (Å²) in [6, 6.07) is 14.7. The van der Waals surface area contributed by atoms with Crippen LogP contribution in [-0.2, 0) is 0 Å². The van der Waals surface area contributed by atoms with Gasteiger partial charge in [0, 0.05) is 23.3 Å². The molecular weight excluding hydrogens is 434 g/mol. The van der Waals surface area contributed by atoms with Gasteiger partial charge in [0.2, 0.25) is 5.16 Å². The number of hydrogen-bond acceptors (Lipinski definition) is 9. The third-order valence-corrected chi connectivity index (χ3v) is 5.54. The van der Waals surface area contributed by atoms with Crippen molar-refractivity contribution < 1.29 is 19.2 Å². The van der Waals surface area contributed by atoms with Gasteiger partial charge in [-0.2, -0.15) is 9.61 Å². The van der Waals surface area contributed by atoms with Crippen molar-refractivity contribution >= 4 is 28.9 Å². The lowest BCUT2D eigenvalue weighted by Gasteiger charge is -2.09. The number of thioether (sulfide) groups is 1. The molecule has 0 amide bonds. The van der Waals surface area contributed by atoms with Crippen LogP contribution in [-0.4, -0.2) is 50.5 Å². The van der Waals surface area contributed by atoms with E-state index in [4.69, 9.17) is 9.47 Å². The van der Waals surface area contributed by atoms with Gasteiger partial charge in [0.1, 0.15) is 0 Å². The fourth-order valence-corrected chi connectivity index (χ4v) is 3.80. The van der Waals surface area contributed by atoms with Gasteiger partial charge in [-0.1, -0.05) is 23.9 Å². The summed E-state index contributed by atoms with van der Waals surface area (Å²) in [7, 11) is 3.13. The highest BCUT2D eigenvalue weighted by atomic mass is 32.2. The average molecular weight is 451 g/mol. The number of non-ortho nitro benzene ring substituents is 1. The number of benzene rings is 2. The number of nitro groups is 1. The minimum absolute atomic E-state index is 0.0320. The molecule has 0 aliphatic carbocycles. The Labute approximate surface area is 186 Å². The maximum Gasteiger partial charge on any atom is 0.270 e. The van der Waals surface area contributed by atoms with Crippen molar-refractivity contribution in [1.82, 2.24) is 19.8 Å². The van der Waals surface area contributed by atoms with E-state index in [9.17, 15) is 14.9 Å². The topological polar surface area (TPSA) is 122 Å². The highest BCUT2D eigenvalue weighted by Crippen LogP contribution is 2.32. The number of methoxy groups -OCH3 is 2. The Hall–Kier alpha value is -3.99. The fourth-order valence-electron chi connectivity index (χ4n) is 3.02. The lowest BCUT2D eigenvalue weighted by Crippen LogP contribution is -2.04. The minimum atomic E-state index is -0.532. The standard InChI is InChI=1S/C21H17N5O5S/c1-30-18-8-6-13(11-19(18)31-2)16-7-9-20-22-23-21(25(20)24-16)32-12-17(27)14-4-3-5-15(10-14)26(28)29/h3-11H,12H2,1-2H3. The van der Waals surface area contributed by atoms with E-state index in [1.165, 1.54) is 18.2 Å².